The molecule has 2 heterocycles. The van der Waals surface area contributed by atoms with E-state index in [-0.39, 0.29) is 16.9 Å². The van der Waals surface area contributed by atoms with E-state index in [1.54, 1.807) is 18.2 Å². The molecule has 1 aromatic carbocycles. The smallest absolute Gasteiger partial charge is 0.345 e. The molecule has 6 nitrogen and oxygen atoms in total. The molecule has 0 saturated carbocycles. The van der Waals surface area contributed by atoms with Crippen molar-refractivity contribution in [3.05, 3.63) is 46.2 Å². The van der Waals surface area contributed by atoms with Gasteiger partial charge in [-0.05, 0) is 24.3 Å². The van der Waals surface area contributed by atoms with Crippen LogP contribution in [0, 0.1) is 0 Å². The van der Waals surface area contributed by atoms with E-state index < -0.39 is 5.97 Å². The molecule has 0 aliphatic carbocycles. The maximum absolute atomic E-state index is 12.3. The minimum Gasteiger partial charge on any atom is -0.486 e. The van der Waals surface area contributed by atoms with Crippen LogP contribution in [0.5, 0.6) is 5.75 Å². The first-order valence-corrected chi connectivity index (χ1v) is 7.93. The van der Waals surface area contributed by atoms with Gasteiger partial charge in [0.05, 0.1) is 23.8 Å². The Morgan fingerprint density at radius 2 is 2.00 bits per heavy atom. The SMILES string of the molecule is O=C(O)c1ccc(C(=O)Nc2ccccc2OC2CCOC2)s1. The largest absolute Gasteiger partial charge is 0.486 e. The summed E-state index contributed by atoms with van der Waals surface area (Å²) in [5, 5.41) is 11.7. The molecule has 0 spiro atoms. The molecule has 1 aliphatic rings. The number of thiophene rings is 1. The van der Waals surface area contributed by atoms with Crippen LogP contribution in [0.3, 0.4) is 0 Å². The number of carbonyl (C=O) groups excluding carboxylic acids is 1. The summed E-state index contributed by atoms with van der Waals surface area (Å²) in [6.07, 6.45) is 0.795. The summed E-state index contributed by atoms with van der Waals surface area (Å²) in [4.78, 5) is 23.6. The topological polar surface area (TPSA) is 84.9 Å². The Hall–Kier alpha value is -2.38. The van der Waals surface area contributed by atoms with Gasteiger partial charge in [-0.1, -0.05) is 12.1 Å². The molecule has 1 aromatic heterocycles. The monoisotopic (exact) mass is 333 g/mol. The van der Waals surface area contributed by atoms with Crippen molar-refractivity contribution in [3.8, 4) is 5.75 Å². The van der Waals surface area contributed by atoms with E-state index in [1.165, 1.54) is 12.1 Å². The number of carboxylic acids is 1. The molecule has 1 fully saturated rings. The minimum absolute atomic E-state index is 0.0200. The lowest BCUT2D eigenvalue weighted by Crippen LogP contribution is -2.18. The molecule has 1 unspecified atom stereocenters. The summed E-state index contributed by atoms with van der Waals surface area (Å²) >= 11 is 0.935. The lowest BCUT2D eigenvalue weighted by atomic mass is 10.2. The summed E-state index contributed by atoms with van der Waals surface area (Å²) < 4.78 is 11.1. The maximum Gasteiger partial charge on any atom is 0.345 e. The van der Waals surface area contributed by atoms with E-state index in [9.17, 15) is 9.59 Å². The normalized spacial score (nSPS) is 17.0. The van der Waals surface area contributed by atoms with Gasteiger partial charge in [0, 0.05) is 6.42 Å². The van der Waals surface area contributed by atoms with E-state index >= 15 is 0 Å². The van der Waals surface area contributed by atoms with Crippen LogP contribution >= 0.6 is 11.3 Å². The number of amides is 1. The van der Waals surface area contributed by atoms with Crippen molar-refractivity contribution in [2.24, 2.45) is 0 Å². The third-order valence-corrected chi connectivity index (χ3v) is 4.43. The number of hydrogen-bond donors (Lipinski definition) is 2. The number of hydrogen-bond acceptors (Lipinski definition) is 5. The molecule has 1 atom stereocenters. The van der Waals surface area contributed by atoms with E-state index in [0.717, 1.165) is 17.8 Å². The number of rotatable bonds is 5. The van der Waals surface area contributed by atoms with Crippen molar-refractivity contribution in [2.45, 2.75) is 12.5 Å². The number of anilines is 1. The van der Waals surface area contributed by atoms with Crippen molar-refractivity contribution < 1.29 is 24.2 Å². The number of ether oxygens (including phenoxy) is 2. The predicted molar refractivity (Wildman–Crippen MR) is 85.5 cm³/mol. The van der Waals surface area contributed by atoms with Gasteiger partial charge in [0.2, 0.25) is 0 Å². The molecule has 23 heavy (non-hydrogen) atoms. The fourth-order valence-corrected chi connectivity index (χ4v) is 2.96. The summed E-state index contributed by atoms with van der Waals surface area (Å²) in [6, 6.07) is 10.1. The van der Waals surface area contributed by atoms with Crippen molar-refractivity contribution in [3.63, 3.8) is 0 Å². The molecule has 7 heteroatoms. The van der Waals surface area contributed by atoms with Gasteiger partial charge in [-0.3, -0.25) is 4.79 Å². The molecule has 3 rings (SSSR count). The van der Waals surface area contributed by atoms with Gasteiger partial charge in [0.15, 0.2) is 0 Å². The Labute approximate surface area is 136 Å². The number of carboxylic acid groups (broad SMARTS) is 1. The Balaban J connectivity index is 1.73. The molecule has 2 N–H and O–H groups in total. The van der Waals surface area contributed by atoms with Crippen molar-refractivity contribution in [1.29, 1.82) is 0 Å². The van der Waals surface area contributed by atoms with Gasteiger partial charge < -0.3 is 19.9 Å². The lowest BCUT2D eigenvalue weighted by Gasteiger charge is -2.15. The highest BCUT2D eigenvalue weighted by molar-refractivity contribution is 7.15. The van der Waals surface area contributed by atoms with Gasteiger partial charge in [0.1, 0.15) is 16.7 Å². The van der Waals surface area contributed by atoms with Gasteiger partial charge in [-0.25, -0.2) is 4.79 Å². The Kier molecular flexibility index (Phi) is 4.59. The summed E-state index contributed by atoms with van der Waals surface area (Å²) in [6.45, 7) is 1.21. The fraction of sp³-hybridized carbons (Fsp3) is 0.250. The maximum atomic E-state index is 12.3. The Morgan fingerprint density at radius 1 is 1.22 bits per heavy atom. The zero-order valence-corrected chi connectivity index (χ0v) is 13.0. The third kappa shape index (κ3) is 3.69. The quantitative estimate of drug-likeness (QED) is 0.879. The molecule has 120 valence electrons. The highest BCUT2D eigenvalue weighted by Crippen LogP contribution is 2.28. The van der Waals surface area contributed by atoms with Gasteiger partial charge >= 0.3 is 5.97 Å². The van der Waals surface area contributed by atoms with Crippen LogP contribution in [-0.2, 0) is 4.74 Å². The molecule has 1 saturated heterocycles. The zero-order chi connectivity index (χ0) is 16.2. The van der Waals surface area contributed by atoms with Gasteiger partial charge in [-0.2, -0.15) is 0 Å². The first-order valence-electron chi connectivity index (χ1n) is 7.11. The molecule has 2 aromatic rings. The average molecular weight is 333 g/mol. The molecular formula is C16H15NO5S. The second-order valence-corrected chi connectivity index (χ2v) is 6.11. The molecule has 0 bridgehead atoms. The number of nitrogens with one attached hydrogen (secondary N) is 1. The van der Waals surface area contributed by atoms with Gasteiger partial charge in [0.25, 0.3) is 5.91 Å². The molecule has 1 amide bonds. The predicted octanol–water partition coefficient (Wildman–Crippen LogP) is 2.87. The first kappa shape index (κ1) is 15.5. The van der Waals surface area contributed by atoms with Crippen LogP contribution in [-0.4, -0.2) is 36.3 Å². The first-order chi connectivity index (χ1) is 11.1. The van der Waals surface area contributed by atoms with E-state index in [1.807, 2.05) is 6.07 Å². The average Bonchev–Trinajstić information content (AvgIpc) is 3.20. The lowest BCUT2D eigenvalue weighted by molar-refractivity contribution is 0.0702. The van der Waals surface area contributed by atoms with Crippen molar-refractivity contribution in [2.75, 3.05) is 18.5 Å². The fourth-order valence-electron chi connectivity index (χ4n) is 2.22. The minimum atomic E-state index is -1.04. The highest BCUT2D eigenvalue weighted by Gasteiger charge is 2.20. The molecular weight excluding hydrogens is 318 g/mol. The van der Waals surface area contributed by atoms with Crippen LogP contribution in [0.4, 0.5) is 5.69 Å². The molecule has 1 aliphatic heterocycles. The van der Waals surface area contributed by atoms with E-state index in [0.29, 0.717) is 29.5 Å². The second kappa shape index (κ2) is 6.80. The highest BCUT2D eigenvalue weighted by atomic mass is 32.1. The standard InChI is InChI=1S/C16H15NO5S/c18-15(13-5-6-14(23-13)16(19)20)17-11-3-1-2-4-12(11)22-10-7-8-21-9-10/h1-6,10H,7-9H2,(H,17,18)(H,19,20). The van der Waals surface area contributed by atoms with Crippen LogP contribution in [0.15, 0.2) is 36.4 Å². The number of aromatic carboxylic acids is 1. The van der Waals surface area contributed by atoms with Gasteiger partial charge in [-0.15, -0.1) is 11.3 Å². The Bertz CT molecular complexity index is 721. The van der Waals surface area contributed by atoms with Crippen LogP contribution in [0.25, 0.3) is 0 Å². The summed E-state index contributed by atoms with van der Waals surface area (Å²) in [5.74, 6) is -0.827. The van der Waals surface area contributed by atoms with E-state index in [2.05, 4.69) is 5.32 Å². The van der Waals surface area contributed by atoms with Crippen LogP contribution in [0.2, 0.25) is 0 Å². The van der Waals surface area contributed by atoms with E-state index in [4.69, 9.17) is 14.6 Å². The molecule has 0 radical (unpaired) electrons. The second-order valence-electron chi connectivity index (χ2n) is 5.02. The Morgan fingerprint density at radius 3 is 2.70 bits per heavy atom. The number of carbonyl (C=O) groups is 2. The van der Waals surface area contributed by atoms with Crippen molar-refractivity contribution >= 4 is 28.9 Å². The number of benzene rings is 1. The third-order valence-electron chi connectivity index (χ3n) is 3.36. The van der Waals surface area contributed by atoms with Crippen molar-refractivity contribution in [1.82, 2.24) is 0 Å². The zero-order valence-electron chi connectivity index (χ0n) is 12.2. The summed E-state index contributed by atoms with van der Waals surface area (Å²) in [7, 11) is 0. The number of para-hydroxylation sites is 2. The summed E-state index contributed by atoms with van der Waals surface area (Å²) in [5.41, 5.74) is 0.551. The van der Waals surface area contributed by atoms with Crippen LogP contribution < -0.4 is 10.1 Å². The van der Waals surface area contributed by atoms with Crippen LogP contribution in [0.1, 0.15) is 25.8 Å².